The van der Waals surface area contributed by atoms with E-state index in [-0.39, 0.29) is 17.8 Å². The van der Waals surface area contributed by atoms with Crippen molar-refractivity contribution in [3.8, 4) is 0 Å². The van der Waals surface area contributed by atoms with Crippen LogP contribution < -0.4 is 5.32 Å². The summed E-state index contributed by atoms with van der Waals surface area (Å²) >= 11 is 5.67. The molecule has 1 aliphatic heterocycles. The van der Waals surface area contributed by atoms with Gasteiger partial charge in [-0.15, -0.1) is 0 Å². The van der Waals surface area contributed by atoms with Gasteiger partial charge in [-0.1, -0.05) is 49.8 Å². The van der Waals surface area contributed by atoms with Crippen LogP contribution >= 0.6 is 12.2 Å². The van der Waals surface area contributed by atoms with Gasteiger partial charge in [0.15, 0.2) is 0 Å². The predicted molar refractivity (Wildman–Crippen MR) is 150 cm³/mol. The normalized spacial score (nSPS) is 20.6. The van der Waals surface area contributed by atoms with Gasteiger partial charge in [-0.2, -0.15) is 13.2 Å². The molecule has 1 aliphatic carbocycles. The fourth-order valence-corrected chi connectivity index (χ4v) is 5.86. The molecule has 10 heteroatoms. The van der Waals surface area contributed by atoms with Crippen LogP contribution in [0.25, 0.3) is 0 Å². The van der Waals surface area contributed by atoms with Crippen LogP contribution in [-0.4, -0.2) is 46.7 Å². The number of likely N-dealkylation sites (tertiary alicyclic amines) is 1. The van der Waals surface area contributed by atoms with E-state index >= 15 is 0 Å². The van der Waals surface area contributed by atoms with Gasteiger partial charge in [0.2, 0.25) is 0 Å². The van der Waals surface area contributed by atoms with Crippen LogP contribution in [-0.2, 0) is 17.3 Å². The lowest BCUT2D eigenvalue weighted by Crippen LogP contribution is -2.40. The zero-order chi connectivity index (χ0) is 28.0. The van der Waals surface area contributed by atoms with E-state index in [0.717, 1.165) is 81.6 Å². The van der Waals surface area contributed by atoms with Crippen LogP contribution in [0.4, 0.5) is 24.5 Å². The van der Waals surface area contributed by atoms with Crippen molar-refractivity contribution in [2.45, 2.75) is 82.5 Å². The Hall–Kier alpha value is -2.72. The van der Waals surface area contributed by atoms with Gasteiger partial charge in [0.25, 0.3) is 5.69 Å². The SMILES string of the molecule is CCCc1ccc(C2CCN(C(=S)COC3CCC(Nc4ccc([N+](=O)[O-])c(C(F)(F)F)c4)CC3)CC2)cc1. The van der Waals surface area contributed by atoms with E-state index in [1.165, 1.54) is 17.2 Å². The number of aryl methyl sites for hydroxylation is 1. The van der Waals surface area contributed by atoms with E-state index in [2.05, 4.69) is 41.4 Å². The third-order valence-electron chi connectivity index (χ3n) is 7.82. The van der Waals surface area contributed by atoms with Gasteiger partial charge in [0.05, 0.1) is 17.6 Å². The van der Waals surface area contributed by atoms with Gasteiger partial charge in [0.1, 0.15) is 10.6 Å². The van der Waals surface area contributed by atoms with Gasteiger partial charge in [0, 0.05) is 30.9 Å². The monoisotopic (exact) mass is 563 g/mol. The van der Waals surface area contributed by atoms with Crippen molar-refractivity contribution in [3.63, 3.8) is 0 Å². The molecule has 1 saturated carbocycles. The first kappa shape index (κ1) is 29.3. The number of hydrogen-bond acceptors (Lipinski definition) is 5. The molecule has 1 N–H and O–H groups in total. The topological polar surface area (TPSA) is 67.6 Å². The summed E-state index contributed by atoms with van der Waals surface area (Å²) in [6, 6.07) is 12.1. The van der Waals surface area contributed by atoms with E-state index < -0.39 is 22.4 Å². The lowest BCUT2D eigenvalue weighted by atomic mass is 9.89. The second-order valence-corrected chi connectivity index (χ2v) is 11.0. The van der Waals surface area contributed by atoms with Crippen LogP contribution in [0.5, 0.6) is 0 Å². The highest BCUT2D eigenvalue weighted by Gasteiger charge is 2.38. The minimum Gasteiger partial charge on any atom is -0.382 e. The molecule has 212 valence electrons. The van der Waals surface area contributed by atoms with Gasteiger partial charge in [-0.05, 0) is 74.1 Å². The first-order valence-electron chi connectivity index (χ1n) is 13.7. The third kappa shape index (κ3) is 7.91. The lowest BCUT2D eigenvalue weighted by molar-refractivity contribution is -0.388. The third-order valence-corrected chi connectivity index (χ3v) is 8.20. The standard InChI is InChI=1S/C29H36F3N3O3S/c1-2-3-20-4-6-21(7-5-20)22-14-16-34(17-15-22)28(39)19-38-25-11-8-23(9-12-25)33-24-10-13-27(35(36)37)26(18-24)29(30,31)32/h4-7,10,13,18,22-23,25,33H,2-3,8-9,11-12,14-17,19H2,1H3. The van der Waals surface area contributed by atoms with E-state index in [4.69, 9.17) is 17.0 Å². The minimum atomic E-state index is -4.79. The van der Waals surface area contributed by atoms with Gasteiger partial charge in [-0.25, -0.2) is 0 Å². The number of nitrogens with one attached hydrogen (secondary N) is 1. The smallest absolute Gasteiger partial charge is 0.382 e. The van der Waals surface area contributed by atoms with Gasteiger partial charge in [-0.3, -0.25) is 10.1 Å². The van der Waals surface area contributed by atoms with Crippen molar-refractivity contribution in [2.75, 3.05) is 25.0 Å². The summed E-state index contributed by atoms with van der Waals surface area (Å²) in [5.41, 5.74) is 0.858. The molecule has 4 rings (SSSR count). The summed E-state index contributed by atoms with van der Waals surface area (Å²) < 4.78 is 45.9. The molecular weight excluding hydrogens is 527 g/mol. The summed E-state index contributed by atoms with van der Waals surface area (Å²) in [5.74, 6) is 0.561. The number of nitro benzene ring substituents is 1. The fraction of sp³-hybridized carbons (Fsp3) is 0.552. The van der Waals surface area contributed by atoms with Crippen molar-refractivity contribution in [2.24, 2.45) is 0 Å². The van der Waals surface area contributed by atoms with Crippen molar-refractivity contribution >= 4 is 28.6 Å². The summed E-state index contributed by atoms with van der Waals surface area (Å²) in [5, 5.41) is 14.1. The molecule has 1 saturated heterocycles. The Morgan fingerprint density at radius 1 is 1.08 bits per heavy atom. The Morgan fingerprint density at radius 2 is 1.74 bits per heavy atom. The Kier molecular flexibility index (Phi) is 9.82. The number of halogens is 3. The Balaban J connectivity index is 1.18. The van der Waals surface area contributed by atoms with Crippen LogP contribution in [0, 0.1) is 10.1 Å². The molecule has 0 unspecified atom stereocenters. The summed E-state index contributed by atoms with van der Waals surface area (Å²) in [7, 11) is 0. The van der Waals surface area contributed by atoms with Crippen LogP contribution in [0.15, 0.2) is 42.5 Å². The molecule has 2 aliphatic rings. The zero-order valence-electron chi connectivity index (χ0n) is 22.2. The number of rotatable bonds is 9. The number of nitrogens with zero attached hydrogens (tertiary/aromatic N) is 2. The maximum Gasteiger partial charge on any atom is 0.423 e. The average Bonchev–Trinajstić information content (AvgIpc) is 2.92. The molecule has 0 spiro atoms. The maximum absolute atomic E-state index is 13.3. The Labute approximate surface area is 233 Å². The fourth-order valence-electron chi connectivity index (χ4n) is 5.61. The van der Waals surface area contributed by atoms with E-state index in [0.29, 0.717) is 12.5 Å². The van der Waals surface area contributed by atoms with Crippen LogP contribution in [0.2, 0.25) is 0 Å². The quantitative estimate of drug-likeness (QED) is 0.193. The van der Waals surface area contributed by atoms with Gasteiger partial charge < -0.3 is 15.0 Å². The van der Waals surface area contributed by atoms with E-state index in [9.17, 15) is 23.3 Å². The maximum atomic E-state index is 13.3. The molecule has 0 amide bonds. The first-order chi connectivity index (χ1) is 18.6. The molecule has 2 fully saturated rings. The summed E-state index contributed by atoms with van der Waals surface area (Å²) in [6.07, 6.45) is 2.70. The molecule has 0 atom stereocenters. The van der Waals surface area contributed by atoms with E-state index in [1.54, 1.807) is 0 Å². The number of anilines is 1. The molecule has 6 nitrogen and oxygen atoms in total. The number of ether oxygens (including phenoxy) is 1. The number of nitro groups is 1. The number of piperidine rings is 1. The average molecular weight is 564 g/mol. The number of thiocarbonyl (C=S) groups is 1. The van der Waals surface area contributed by atoms with Crippen molar-refractivity contribution in [1.29, 1.82) is 0 Å². The molecule has 39 heavy (non-hydrogen) atoms. The number of hydrogen-bond donors (Lipinski definition) is 1. The first-order valence-corrected chi connectivity index (χ1v) is 14.1. The van der Waals surface area contributed by atoms with Crippen molar-refractivity contribution < 1.29 is 22.8 Å². The highest BCUT2D eigenvalue weighted by Crippen LogP contribution is 2.38. The molecule has 2 aromatic carbocycles. The predicted octanol–water partition coefficient (Wildman–Crippen LogP) is 7.51. The highest BCUT2D eigenvalue weighted by atomic mass is 32.1. The van der Waals surface area contributed by atoms with Gasteiger partial charge >= 0.3 is 6.18 Å². The Bertz CT molecular complexity index is 1130. The molecule has 0 radical (unpaired) electrons. The van der Waals surface area contributed by atoms with Crippen LogP contribution in [0.3, 0.4) is 0 Å². The zero-order valence-corrected chi connectivity index (χ0v) is 23.0. The minimum absolute atomic E-state index is 0.0191. The van der Waals surface area contributed by atoms with E-state index in [1.807, 2.05) is 0 Å². The molecule has 0 bridgehead atoms. The number of alkyl halides is 3. The van der Waals surface area contributed by atoms with Crippen molar-refractivity contribution in [1.82, 2.24) is 4.90 Å². The molecular formula is C29H36F3N3O3S. The second kappa shape index (κ2) is 13.1. The number of benzene rings is 2. The van der Waals surface area contributed by atoms with Crippen molar-refractivity contribution in [3.05, 3.63) is 69.3 Å². The molecule has 2 aromatic rings. The second-order valence-electron chi connectivity index (χ2n) is 10.6. The summed E-state index contributed by atoms with van der Waals surface area (Å²) in [4.78, 5) is 13.0. The largest absolute Gasteiger partial charge is 0.423 e. The van der Waals surface area contributed by atoms with Crippen LogP contribution in [0.1, 0.15) is 74.5 Å². The molecule has 0 aromatic heterocycles. The lowest BCUT2D eigenvalue weighted by Gasteiger charge is -2.35. The summed E-state index contributed by atoms with van der Waals surface area (Å²) in [6.45, 7) is 4.46. The molecule has 1 heterocycles. The Morgan fingerprint density at radius 3 is 2.33 bits per heavy atom. The highest BCUT2D eigenvalue weighted by molar-refractivity contribution is 7.80.